The van der Waals surface area contributed by atoms with Gasteiger partial charge in [0.2, 0.25) is 23.6 Å². The molecule has 0 radical (unpaired) electrons. The van der Waals surface area contributed by atoms with E-state index in [2.05, 4.69) is 23.8 Å². The lowest BCUT2D eigenvalue weighted by Gasteiger charge is -2.15. The van der Waals surface area contributed by atoms with Gasteiger partial charge in [0.15, 0.2) is 0 Å². The van der Waals surface area contributed by atoms with Crippen molar-refractivity contribution in [2.45, 2.75) is 89.9 Å². The molecule has 5 amide bonds. The minimum absolute atomic E-state index is 0.0143. The van der Waals surface area contributed by atoms with Gasteiger partial charge in [-0.15, -0.1) is 6.58 Å². The molecule has 0 aromatic rings. The molecule has 0 aromatic heterocycles. The lowest BCUT2D eigenvalue weighted by molar-refractivity contribution is -0.166. The number of amides is 5. The van der Waals surface area contributed by atoms with Crippen LogP contribution in [0.25, 0.3) is 0 Å². The molecule has 0 fully saturated rings. The fraction of sp³-hybridized carbons (Fsp3) is 0.679. The number of carbonyl (C=O) groups excluding carboxylic acids is 5. The van der Waals surface area contributed by atoms with Gasteiger partial charge in [-0.1, -0.05) is 19.1 Å². The topological polar surface area (TPSA) is 180 Å². The highest BCUT2D eigenvalue weighted by Gasteiger charge is 2.14. The molecule has 0 spiro atoms. The number of rotatable bonds is 25. The minimum atomic E-state index is -0.566. The Morgan fingerprint density at radius 1 is 0.561 bits per heavy atom. The number of nitrogens with zero attached hydrogens (tertiary/aromatic N) is 3. The summed E-state index contributed by atoms with van der Waals surface area (Å²) < 4.78 is 0. The third-order valence-corrected chi connectivity index (χ3v) is 6.15. The normalized spacial score (nSPS) is 10.4. The quantitative estimate of drug-likeness (QED) is 0.0358. The summed E-state index contributed by atoms with van der Waals surface area (Å²) >= 11 is 0. The highest BCUT2D eigenvalue weighted by molar-refractivity contribution is 5.86. The van der Waals surface area contributed by atoms with Gasteiger partial charge in [0.05, 0.1) is 0 Å². The second kappa shape index (κ2) is 24.5. The summed E-state index contributed by atoms with van der Waals surface area (Å²) in [5, 5.41) is 36.2. The molecule has 0 aliphatic heterocycles. The van der Waals surface area contributed by atoms with Gasteiger partial charge in [0.1, 0.15) is 0 Å². The Balaban J connectivity index is 3.77. The van der Waals surface area contributed by atoms with Gasteiger partial charge in [-0.05, 0) is 63.9 Å². The van der Waals surface area contributed by atoms with E-state index < -0.39 is 17.7 Å². The second-order valence-corrected chi connectivity index (χ2v) is 9.66. The second-order valence-electron chi connectivity index (χ2n) is 9.66. The molecule has 0 aliphatic carbocycles. The predicted molar refractivity (Wildman–Crippen MR) is 152 cm³/mol. The van der Waals surface area contributed by atoms with Gasteiger partial charge in [-0.2, -0.15) is 0 Å². The zero-order chi connectivity index (χ0) is 30.9. The van der Waals surface area contributed by atoms with Crippen molar-refractivity contribution >= 4 is 29.5 Å². The molecule has 0 atom stereocenters. The van der Waals surface area contributed by atoms with Crippen LogP contribution in [-0.4, -0.2) is 93.1 Å². The molecular formula is C28H49N5O8. The van der Waals surface area contributed by atoms with Crippen LogP contribution in [0.15, 0.2) is 25.3 Å². The summed E-state index contributed by atoms with van der Waals surface area (Å²) in [5.74, 6) is -2.20. The monoisotopic (exact) mass is 583 g/mol. The van der Waals surface area contributed by atoms with Crippen molar-refractivity contribution < 1.29 is 39.6 Å². The van der Waals surface area contributed by atoms with Crippen LogP contribution in [0.1, 0.15) is 89.9 Å². The van der Waals surface area contributed by atoms with E-state index >= 15 is 0 Å². The summed E-state index contributed by atoms with van der Waals surface area (Å²) in [4.78, 5) is 58.8. The van der Waals surface area contributed by atoms with Gasteiger partial charge >= 0.3 is 0 Å². The van der Waals surface area contributed by atoms with Crippen LogP contribution in [0.5, 0.6) is 0 Å². The molecule has 0 aromatic carbocycles. The third kappa shape index (κ3) is 21.2. The maximum absolute atomic E-state index is 12.0. The first-order valence-corrected chi connectivity index (χ1v) is 14.4. The predicted octanol–water partition coefficient (Wildman–Crippen LogP) is 2.71. The van der Waals surface area contributed by atoms with E-state index in [-0.39, 0.29) is 57.1 Å². The molecular weight excluding hydrogens is 534 g/mol. The first kappa shape index (κ1) is 37.7. The molecule has 0 rings (SSSR count). The van der Waals surface area contributed by atoms with Crippen molar-refractivity contribution in [3.05, 3.63) is 25.3 Å². The van der Waals surface area contributed by atoms with E-state index in [0.717, 1.165) is 25.3 Å². The van der Waals surface area contributed by atoms with E-state index in [0.29, 0.717) is 73.2 Å². The van der Waals surface area contributed by atoms with Crippen molar-refractivity contribution in [3.63, 3.8) is 0 Å². The molecule has 0 heterocycles. The average molecular weight is 584 g/mol. The Hall–Kier alpha value is -3.29. The van der Waals surface area contributed by atoms with Crippen molar-refractivity contribution in [2.75, 3.05) is 32.7 Å². The van der Waals surface area contributed by atoms with Crippen LogP contribution in [-0.2, 0) is 24.0 Å². The Morgan fingerprint density at radius 3 is 1.39 bits per heavy atom. The number of hydroxylamine groups is 6. The van der Waals surface area contributed by atoms with Crippen molar-refractivity contribution in [1.29, 1.82) is 0 Å². The fourth-order valence-electron chi connectivity index (χ4n) is 3.65. The molecule has 0 bridgehead atoms. The molecule has 0 saturated carbocycles. The first-order valence-electron chi connectivity index (χ1n) is 14.4. The molecule has 0 saturated heterocycles. The highest BCUT2D eigenvalue weighted by atomic mass is 16.5. The van der Waals surface area contributed by atoms with Crippen LogP contribution in [0, 0.1) is 0 Å². The summed E-state index contributed by atoms with van der Waals surface area (Å²) in [6.07, 6.45) is 9.71. The van der Waals surface area contributed by atoms with Crippen LogP contribution >= 0.6 is 0 Å². The Kier molecular flexibility index (Phi) is 22.5. The number of hydrogen-bond donors (Lipinski definition) is 5. The number of hydrogen-bond acceptors (Lipinski definition) is 8. The lowest BCUT2D eigenvalue weighted by Crippen LogP contribution is -2.31. The van der Waals surface area contributed by atoms with E-state index in [1.807, 2.05) is 6.08 Å². The zero-order valence-electron chi connectivity index (χ0n) is 24.2. The van der Waals surface area contributed by atoms with Crippen molar-refractivity contribution in [1.82, 2.24) is 25.8 Å². The zero-order valence-corrected chi connectivity index (χ0v) is 24.2. The molecule has 13 heteroatoms. The van der Waals surface area contributed by atoms with Crippen LogP contribution in [0.2, 0.25) is 0 Å². The third-order valence-electron chi connectivity index (χ3n) is 6.15. The number of unbranched alkanes of at least 4 members (excludes halogenated alkanes) is 7. The van der Waals surface area contributed by atoms with Crippen LogP contribution in [0.3, 0.4) is 0 Å². The molecule has 234 valence electrons. The van der Waals surface area contributed by atoms with Crippen LogP contribution in [0.4, 0.5) is 0 Å². The van der Waals surface area contributed by atoms with Gasteiger partial charge < -0.3 is 10.6 Å². The molecule has 41 heavy (non-hydrogen) atoms. The van der Waals surface area contributed by atoms with Crippen molar-refractivity contribution in [2.24, 2.45) is 0 Å². The first-order chi connectivity index (χ1) is 19.6. The molecule has 0 aliphatic rings. The largest absolute Gasteiger partial charge is 0.356 e. The number of nitrogens with one attached hydrogen (secondary N) is 2. The number of allylic oxidation sites excluding steroid dienone is 1. The van der Waals surface area contributed by atoms with Gasteiger partial charge in [-0.25, -0.2) is 15.2 Å². The van der Waals surface area contributed by atoms with Crippen molar-refractivity contribution in [3.8, 4) is 0 Å². The van der Waals surface area contributed by atoms with Gasteiger partial charge in [-0.3, -0.25) is 39.6 Å². The smallest absolute Gasteiger partial charge is 0.269 e. The highest BCUT2D eigenvalue weighted by Crippen LogP contribution is 2.04. The minimum Gasteiger partial charge on any atom is -0.356 e. The SMILES string of the molecule is C=CCCCCCN(O)C(=O)CCC(=O)NCCCCCN(O)C(=O)CCC(=O)NCCCCCN(O)C(=O)C=C. The Labute approximate surface area is 243 Å². The molecule has 5 N–H and O–H groups in total. The van der Waals surface area contributed by atoms with Gasteiger partial charge in [0.25, 0.3) is 5.91 Å². The van der Waals surface area contributed by atoms with E-state index in [1.54, 1.807) is 0 Å². The number of carbonyl (C=O) groups is 5. The van der Waals surface area contributed by atoms with Gasteiger partial charge in [0, 0.05) is 58.4 Å². The van der Waals surface area contributed by atoms with Crippen LogP contribution < -0.4 is 10.6 Å². The summed E-state index contributed by atoms with van der Waals surface area (Å²) in [5.41, 5.74) is 0. The summed E-state index contributed by atoms with van der Waals surface area (Å²) in [7, 11) is 0. The summed E-state index contributed by atoms with van der Waals surface area (Å²) in [6.45, 7) is 8.25. The Bertz CT molecular complexity index is 823. The molecule has 0 unspecified atom stereocenters. The van der Waals surface area contributed by atoms with E-state index in [4.69, 9.17) is 0 Å². The fourth-order valence-corrected chi connectivity index (χ4v) is 3.65. The summed E-state index contributed by atoms with van der Waals surface area (Å²) in [6, 6.07) is 0. The lowest BCUT2D eigenvalue weighted by atomic mass is 10.2. The maximum atomic E-state index is 12.0. The Morgan fingerprint density at radius 2 is 0.976 bits per heavy atom. The molecule has 13 nitrogen and oxygen atoms in total. The van der Waals surface area contributed by atoms with E-state index in [1.165, 1.54) is 0 Å². The maximum Gasteiger partial charge on any atom is 0.269 e. The standard InChI is InChI=1S/C28H49N5O8/c1-3-5-6-7-12-22-32(40)27(37)17-15-24(34)30-20-11-9-14-23-33(41)28(38)18-16-25(35)29-19-10-8-13-21-31(39)26(36)4-2/h3-4,39-41H,1-2,5-23H2,(H,29,35)(H,30,34). The van der Waals surface area contributed by atoms with E-state index in [9.17, 15) is 39.6 Å². The average Bonchev–Trinajstić information content (AvgIpc) is 2.96.